The number of nitrogens with one attached hydrogen (secondary N) is 1. The molecule has 3 aromatic rings. The van der Waals surface area contributed by atoms with Crippen LogP contribution in [0, 0.1) is 5.41 Å². The van der Waals surface area contributed by atoms with E-state index >= 15 is 0 Å². The van der Waals surface area contributed by atoms with E-state index in [2.05, 4.69) is 41.7 Å². The average molecular weight is 349 g/mol. The molecule has 0 radical (unpaired) electrons. The molecule has 126 valence electrons. The first kappa shape index (κ1) is 15.2. The lowest BCUT2D eigenvalue weighted by Gasteiger charge is -2.27. The van der Waals surface area contributed by atoms with Gasteiger partial charge in [0, 0.05) is 28.3 Å². The topological polar surface area (TPSA) is 24.9 Å². The highest BCUT2D eigenvalue weighted by molar-refractivity contribution is 6.31. The van der Waals surface area contributed by atoms with Crippen LogP contribution in [0.3, 0.4) is 0 Å². The van der Waals surface area contributed by atoms with Crippen molar-refractivity contribution < 1.29 is 0 Å². The minimum Gasteiger partial charge on any atom is -0.380 e. The molecule has 1 heterocycles. The Kier molecular flexibility index (Phi) is 3.49. The van der Waals surface area contributed by atoms with Crippen molar-refractivity contribution >= 4 is 28.2 Å². The van der Waals surface area contributed by atoms with E-state index in [1.807, 2.05) is 12.1 Å². The summed E-state index contributed by atoms with van der Waals surface area (Å²) in [5, 5.41) is 5.65. The van der Waals surface area contributed by atoms with E-state index < -0.39 is 0 Å². The summed E-state index contributed by atoms with van der Waals surface area (Å²) in [6.07, 6.45) is 6.31. The number of hydrogen-bond donors (Lipinski definition) is 1. The number of pyridine rings is 1. The van der Waals surface area contributed by atoms with Gasteiger partial charge in [0.25, 0.3) is 0 Å². The third-order valence-electron chi connectivity index (χ3n) is 5.85. The fraction of sp³-hybridized carbons (Fsp3) is 0.318. The maximum Gasteiger partial charge on any atom is 0.0727 e. The number of aromatic nitrogens is 1. The van der Waals surface area contributed by atoms with Gasteiger partial charge in [-0.2, -0.15) is 0 Å². The summed E-state index contributed by atoms with van der Waals surface area (Å²) in [6.45, 7) is 0.825. The lowest BCUT2D eigenvalue weighted by molar-refractivity contribution is 0.434. The summed E-state index contributed by atoms with van der Waals surface area (Å²) in [5.41, 5.74) is 6.85. The standard InChI is InChI=1S/C22H21ClN2/c23-16-6-7-19-17(12-16)21(24-14-15-4-2-1-3-5-15)18-13-22(10-11-22)9-8-20(18)25-19/h1-7,12H,8-11,13-14H2,(H,24,25). The summed E-state index contributed by atoms with van der Waals surface area (Å²) in [4.78, 5) is 4.97. The van der Waals surface area contributed by atoms with Crippen molar-refractivity contribution in [1.29, 1.82) is 0 Å². The molecule has 0 amide bonds. The number of fused-ring (bicyclic) bond motifs is 2. The molecule has 2 aliphatic carbocycles. The van der Waals surface area contributed by atoms with Crippen LogP contribution in [0.25, 0.3) is 10.9 Å². The van der Waals surface area contributed by atoms with Crippen molar-refractivity contribution in [3.8, 4) is 0 Å². The second-order valence-corrected chi connectivity index (χ2v) is 8.03. The first-order chi connectivity index (χ1) is 12.2. The highest BCUT2D eigenvalue weighted by Crippen LogP contribution is 2.56. The summed E-state index contributed by atoms with van der Waals surface area (Å²) in [5.74, 6) is 0. The molecule has 0 unspecified atom stereocenters. The maximum absolute atomic E-state index is 6.30. The number of benzene rings is 2. The second-order valence-electron chi connectivity index (χ2n) is 7.59. The van der Waals surface area contributed by atoms with Crippen molar-refractivity contribution in [2.45, 2.75) is 38.6 Å². The summed E-state index contributed by atoms with van der Waals surface area (Å²) < 4.78 is 0. The van der Waals surface area contributed by atoms with E-state index in [9.17, 15) is 0 Å². The third kappa shape index (κ3) is 2.79. The maximum atomic E-state index is 6.30. The molecule has 0 aliphatic heterocycles. The van der Waals surface area contributed by atoms with Crippen LogP contribution in [0.1, 0.15) is 36.1 Å². The van der Waals surface area contributed by atoms with Crippen molar-refractivity contribution in [3.05, 3.63) is 70.4 Å². The minimum absolute atomic E-state index is 0.560. The molecule has 25 heavy (non-hydrogen) atoms. The molecule has 0 bridgehead atoms. The number of anilines is 1. The Balaban J connectivity index is 1.61. The predicted octanol–water partition coefficient (Wildman–Crippen LogP) is 5.77. The van der Waals surface area contributed by atoms with Crippen molar-refractivity contribution in [3.63, 3.8) is 0 Å². The number of nitrogens with zero attached hydrogens (tertiary/aromatic N) is 1. The molecule has 1 saturated carbocycles. The Morgan fingerprint density at radius 1 is 1.04 bits per heavy atom. The molecule has 1 N–H and O–H groups in total. The lowest BCUT2D eigenvalue weighted by atomic mass is 9.82. The first-order valence-corrected chi connectivity index (χ1v) is 9.49. The summed E-state index contributed by atoms with van der Waals surface area (Å²) in [6, 6.07) is 16.6. The second kappa shape index (κ2) is 5.74. The Labute approximate surface area is 153 Å². The Morgan fingerprint density at radius 2 is 1.88 bits per heavy atom. The normalized spacial score (nSPS) is 17.5. The van der Waals surface area contributed by atoms with Gasteiger partial charge in [-0.25, -0.2) is 0 Å². The van der Waals surface area contributed by atoms with Crippen LogP contribution in [0.15, 0.2) is 48.5 Å². The fourth-order valence-corrected chi connectivity index (χ4v) is 4.33. The van der Waals surface area contributed by atoms with Crippen molar-refractivity contribution in [1.82, 2.24) is 4.98 Å². The van der Waals surface area contributed by atoms with E-state index in [0.717, 1.165) is 35.3 Å². The predicted molar refractivity (Wildman–Crippen MR) is 104 cm³/mol. The van der Waals surface area contributed by atoms with Crippen LogP contribution < -0.4 is 5.32 Å². The van der Waals surface area contributed by atoms with Gasteiger partial charge in [-0.3, -0.25) is 4.98 Å². The number of halogens is 1. The van der Waals surface area contributed by atoms with Crippen LogP contribution in [0.5, 0.6) is 0 Å². The molecule has 0 saturated heterocycles. The molecule has 2 aromatic carbocycles. The molecule has 0 atom stereocenters. The van der Waals surface area contributed by atoms with Gasteiger partial charge in [0.15, 0.2) is 0 Å². The molecule has 2 aliphatic rings. The van der Waals surface area contributed by atoms with Crippen LogP contribution in [-0.2, 0) is 19.4 Å². The monoisotopic (exact) mass is 348 g/mol. The van der Waals surface area contributed by atoms with E-state index in [1.54, 1.807) is 0 Å². The van der Waals surface area contributed by atoms with E-state index in [0.29, 0.717) is 5.41 Å². The molecule has 1 aromatic heterocycles. The molecule has 2 nitrogen and oxygen atoms in total. The van der Waals surface area contributed by atoms with E-state index in [-0.39, 0.29) is 0 Å². The van der Waals surface area contributed by atoms with Gasteiger partial charge in [-0.1, -0.05) is 41.9 Å². The largest absolute Gasteiger partial charge is 0.380 e. The molecular weight excluding hydrogens is 328 g/mol. The van der Waals surface area contributed by atoms with Crippen LogP contribution in [0.4, 0.5) is 5.69 Å². The van der Waals surface area contributed by atoms with Gasteiger partial charge < -0.3 is 5.32 Å². The van der Waals surface area contributed by atoms with Crippen LogP contribution >= 0.6 is 11.6 Å². The van der Waals surface area contributed by atoms with Crippen molar-refractivity contribution in [2.75, 3.05) is 5.32 Å². The zero-order valence-corrected chi connectivity index (χ0v) is 14.9. The quantitative estimate of drug-likeness (QED) is 0.650. The summed E-state index contributed by atoms with van der Waals surface area (Å²) >= 11 is 6.30. The van der Waals surface area contributed by atoms with Crippen LogP contribution in [-0.4, -0.2) is 4.98 Å². The number of aryl methyl sites for hydroxylation is 1. The molecular formula is C22H21ClN2. The zero-order valence-electron chi connectivity index (χ0n) is 14.2. The lowest BCUT2D eigenvalue weighted by Crippen LogP contribution is -2.19. The van der Waals surface area contributed by atoms with Gasteiger partial charge >= 0.3 is 0 Å². The Hall–Kier alpha value is -2.06. The highest BCUT2D eigenvalue weighted by atomic mass is 35.5. The number of rotatable bonds is 3. The summed E-state index contributed by atoms with van der Waals surface area (Å²) in [7, 11) is 0. The van der Waals surface area contributed by atoms with Gasteiger partial charge in [-0.15, -0.1) is 0 Å². The Bertz CT molecular complexity index is 945. The Morgan fingerprint density at radius 3 is 2.68 bits per heavy atom. The van der Waals surface area contributed by atoms with Crippen molar-refractivity contribution in [2.24, 2.45) is 5.41 Å². The van der Waals surface area contributed by atoms with E-state index in [4.69, 9.17) is 16.6 Å². The van der Waals surface area contributed by atoms with Crippen LogP contribution in [0.2, 0.25) is 5.02 Å². The fourth-order valence-electron chi connectivity index (χ4n) is 4.16. The van der Waals surface area contributed by atoms with Gasteiger partial charge in [0.1, 0.15) is 0 Å². The SMILES string of the molecule is Clc1ccc2nc3c(c(NCc4ccccc4)c2c1)CC1(CC3)CC1. The third-order valence-corrected chi connectivity index (χ3v) is 6.08. The number of hydrogen-bond acceptors (Lipinski definition) is 2. The van der Waals surface area contributed by atoms with E-state index in [1.165, 1.54) is 41.8 Å². The molecule has 1 spiro atoms. The average Bonchev–Trinajstić information content (AvgIpc) is 3.39. The smallest absolute Gasteiger partial charge is 0.0727 e. The molecule has 5 rings (SSSR count). The first-order valence-electron chi connectivity index (χ1n) is 9.11. The van der Waals surface area contributed by atoms with Gasteiger partial charge in [0.05, 0.1) is 5.52 Å². The molecule has 1 fully saturated rings. The van der Waals surface area contributed by atoms with Gasteiger partial charge in [-0.05, 0) is 66.8 Å². The minimum atomic E-state index is 0.560. The zero-order chi connectivity index (χ0) is 16.9. The molecule has 3 heteroatoms. The highest BCUT2D eigenvalue weighted by Gasteiger charge is 2.45. The van der Waals surface area contributed by atoms with Gasteiger partial charge in [0.2, 0.25) is 0 Å².